The van der Waals surface area contributed by atoms with Gasteiger partial charge in [0.15, 0.2) is 0 Å². The molecule has 0 atom stereocenters. The maximum Gasteiger partial charge on any atom is 0.238 e. The minimum absolute atomic E-state index is 0.00764. The molecular formula is C21H29N3O. The predicted molar refractivity (Wildman–Crippen MR) is 106 cm³/mol. The number of rotatable bonds is 9. The van der Waals surface area contributed by atoms with E-state index in [0.717, 1.165) is 37.3 Å². The summed E-state index contributed by atoms with van der Waals surface area (Å²) in [7, 11) is 0. The molecular weight excluding hydrogens is 310 g/mol. The fraction of sp³-hybridized carbons (Fsp3) is 0.381. The molecule has 0 fully saturated rings. The second kappa shape index (κ2) is 9.84. The van der Waals surface area contributed by atoms with Crippen molar-refractivity contribution in [2.24, 2.45) is 0 Å². The fourth-order valence-electron chi connectivity index (χ4n) is 2.85. The zero-order chi connectivity index (χ0) is 18.1. The van der Waals surface area contributed by atoms with Crippen LogP contribution in [0.25, 0.3) is 0 Å². The largest absolute Gasteiger partial charge is 0.372 e. The number of anilines is 2. The average Bonchev–Trinajstić information content (AvgIpc) is 2.63. The Balaban J connectivity index is 1.80. The summed E-state index contributed by atoms with van der Waals surface area (Å²) >= 11 is 0. The second-order valence-corrected chi connectivity index (χ2v) is 6.13. The molecule has 0 heterocycles. The topological polar surface area (TPSA) is 44.4 Å². The second-order valence-electron chi connectivity index (χ2n) is 6.13. The molecule has 25 heavy (non-hydrogen) atoms. The number of hydrogen-bond donors (Lipinski definition) is 2. The molecule has 2 aromatic rings. The van der Waals surface area contributed by atoms with Gasteiger partial charge in [-0.3, -0.25) is 4.79 Å². The SMILES string of the molecule is CCN(CC)c1ccc(NC(=O)CNCCc2ccccc2)c(C)c1. The first kappa shape index (κ1) is 19.0. The molecule has 0 aliphatic carbocycles. The van der Waals surface area contributed by atoms with Crippen molar-refractivity contribution in [2.75, 3.05) is 36.4 Å². The number of aryl methyl sites for hydroxylation is 1. The standard InChI is InChI=1S/C21H29N3O/c1-4-24(5-2)19-11-12-20(17(3)15-19)23-21(25)16-22-14-13-18-9-7-6-8-10-18/h6-12,15,22H,4-5,13-14,16H2,1-3H3,(H,23,25). The van der Waals surface area contributed by atoms with Crippen LogP contribution in [0.3, 0.4) is 0 Å². The van der Waals surface area contributed by atoms with Gasteiger partial charge in [0, 0.05) is 24.5 Å². The lowest BCUT2D eigenvalue weighted by molar-refractivity contribution is -0.115. The molecule has 4 nitrogen and oxygen atoms in total. The van der Waals surface area contributed by atoms with Gasteiger partial charge in [-0.05, 0) is 63.1 Å². The van der Waals surface area contributed by atoms with E-state index >= 15 is 0 Å². The highest BCUT2D eigenvalue weighted by Crippen LogP contribution is 2.22. The molecule has 2 aromatic carbocycles. The molecule has 0 saturated carbocycles. The van der Waals surface area contributed by atoms with Crippen molar-refractivity contribution in [2.45, 2.75) is 27.2 Å². The van der Waals surface area contributed by atoms with Gasteiger partial charge in [-0.2, -0.15) is 0 Å². The normalized spacial score (nSPS) is 10.5. The Hall–Kier alpha value is -2.33. The van der Waals surface area contributed by atoms with Crippen molar-refractivity contribution < 1.29 is 4.79 Å². The first-order valence-electron chi connectivity index (χ1n) is 9.04. The van der Waals surface area contributed by atoms with Crippen molar-refractivity contribution >= 4 is 17.3 Å². The fourth-order valence-corrected chi connectivity index (χ4v) is 2.85. The summed E-state index contributed by atoms with van der Waals surface area (Å²) in [6, 6.07) is 16.5. The van der Waals surface area contributed by atoms with E-state index in [9.17, 15) is 4.79 Å². The summed E-state index contributed by atoms with van der Waals surface area (Å²) in [6.45, 7) is 9.40. The summed E-state index contributed by atoms with van der Waals surface area (Å²) in [4.78, 5) is 14.4. The molecule has 2 N–H and O–H groups in total. The van der Waals surface area contributed by atoms with Crippen LogP contribution in [0.4, 0.5) is 11.4 Å². The zero-order valence-electron chi connectivity index (χ0n) is 15.5. The molecule has 0 unspecified atom stereocenters. The van der Waals surface area contributed by atoms with Crippen LogP contribution < -0.4 is 15.5 Å². The van der Waals surface area contributed by atoms with Crippen LogP contribution in [0, 0.1) is 6.92 Å². The maximum atomic E-state index is 12.1. The quantitative estimate of drug-likeness (QED) is 0.686. The number of nitrogens with one attached hydrogen (secondary N) is 2. The van der Waals surface area contributed by atoms with E-state index in [4.69, 9.17) is 0 Å². The van der Waals surface area contributed by atoms with Gasteiger partial charge < -0.3 is 15.5 Å². The molecule has 1 amide bonds. The van der Waals surface area contributed by atoms with Crippen molar-refractivity contribution in [1.82, 2.24) is 5.32 Å². The van der Waals surface area contributed by atoms with Crippen molar-refractivity contribution in [1.29, 1.82) is 0 Å². The van der Waals surface area contributed by atoms with Gasteiger partial charge in [0.2, 0.25) is 5.91 Å². The molecule has 134 valence electrons. The lowest BCUT2D eigenvalue weighted by Gasteiger charge is -2.22. The molecule has 4 heteroatoms. The highest BCUT2D eigenvalue weighted by molar-refractivity contribution is 5.93. The highest BCUT2D eigenvalue weighted by atomic mass is 16.1. The summed E-state index contributed by atoms with van der Waals surface area (Å²) < 4.78 is 0. The molecule has 0 bridgehead atoms. The van der Waals surface area contributed by atoms with Crippen LogP contribution >= 0.6 is 0 Å². The van der Waals surface area contributed by atoms with Crippen molar-refractivity contribution in [3.63, 3.8) is 0 Å². The minimum atomic E-state index is -0.00764. The number of amides is 1. The third-order valence-corrected chi connectivity index (χ3v) is 4.33. The van der Waals surface area contributed by atoms with Crippen molar-refractivity contribution in [3.05, 3.63) is 59.7 Å². The number of carbonyl (C=O) groups is 1. The molecule has 0 aromatic heterocycles. The summed E-state index contributed by atoms with van der Waals surface area (Å²) in [5.41, 5.74) is 4.44. The molecule has 0 saturated heterocycles. The van der Waals surface area contributed by atoms with E-state index in [2.05, 4.69) is 53.6 Å². The first-order valence-corrected chi connectivity index (χ1v) is 9.04. The third kappa shape index (κ3) is 5.91. The van der Waals surface area contributed by atoms with E-state index in [1.165, 1.54) is 11.3 Å². The van der Waals surface area contributed by atoms with Crippen LogP contribution in [0.15, 0.2) is 48.5 Å². The lowest BCUT2D eigenvalue weighted by atomic mass is 10.1. The molecule has 0 aliphatic heterocycles. The Morgan fingerprint density at radius 3 is 2.40 bits per heavy atom. The van der Waals surface area contributed by atoms with Crippen LogP contribution in [-0.4, -0.2) is 32.1 Å². The summed E-state index contributed by atoms with van der Waals surface area (Å²) in [6.07, 6.45) is 0.922. The van der Waals surface area contributed by atoms with Crippen LogP contribution in [0.1, 0.15) is 25.0 Å². The van der Waals surface area contributed by atoms with Gasteiger partial charge in [-0.1, -0.05) is 30.3 Å². The van der Waals surface area contributed by atoms with E-state index in [1.807, 2.05) is 31.2 Å². The third-order valence-electron chi connectivity index (χ3n) is 4.33. The van der Waals surface area contributed by atoms with E-state index in [0.29, 0.717) is 6.54 Å². The molecule has 2 rings (SSSR count). The Morgan fingerprint density at radius 2 is 1.76 bits per heavy atom. The molecule has 0 aliphatic rings. The number of hydrogen-bond acceptors (Lipinski definition) is 3. The van der Waals surface area contributed by atoms with Crippen LogP contribution in [-0.2, 0) is 11.2 Å². The van der Waals surface area contributed by atoms with Gasteiger partial charge in [0.25, 0.3) is 0 Å². The highest BCUT2D eigenvalue weighted by Gasteiger charge is 2.07. The first-order chi connectivity index (χ1) is 12.1. The van der Waals surface area contributed by atoms with E-state index < -0.39 is 0 Å². The average molecular weight is 339 g/mol. The van der Waals surface area contributed by atoms with Crippen LogP contribution in [0.5, 0.6) is 0 Å². The molecule has 0 spiro atoms. The maximum absolute atomic E-state index is 12.1. The van der Waals surface area contributed by atoms with E-state index in [1.54, 1.807) is 0 Å². The van der Waals surface area contributed by atoms with E-state index in [-0.39, 0.29) is 5.91 Å². The van der Waals surface area contributed by atoms with Crippen molar-refractivity contribution in [3.8, 4) is 0 Å². The van der Waals surface area contributed by atoms with Gasteiger partial charge in [-0.25, -0.2) is 0 Å². The monoisotopic (exact) mass is 339 g/mol. The summed E-state index contributed by atoms with van der Waals surface area (Å²) in [5.74, 6) is -0.00764. The van der Waals surface area contributed by atoms with Gasteiger partial charge >= 0.3 is 0 Å². The number of benzene rings is 2. The van der Waals surface area contributed by atoms with Gasteiger partial charge in [0.05, 0.1) is 6.54 Å². The Labute approximate surface area is 151 Å². The minimum Gasteiger partial charge on any atom is -0.372 e. The molecule has 0 radical (unpaired) electrons. The summed E-state index contributed by atoms with van der Waals surface area (Å²) in [5, 5.41) is 6.19. The zero-order valence-corrected chi connectivity index (χ0v) is 15.5. The Morgan fingerprint density at radius 1 is 1.04 bits per heavy atom. The smallest absolute Gasteiger partial charge is 0.238 e. The number of carbonyl (C=O) groups excluding carboxylic acids is 1. The van der Waals surface area contributed by atoms with Gasteiger partial charge in [-0.15, -0.1) is 0 Å². The predicted octanol–water partition coefficient (Wildman–Crippen LogP) is 3.61. The Kier molecular flexibility index (Phi) is 7.48. The Bertz CT molecular complexity index is 666. The number of nitrogens with zero attached hydrogens (tertiary/aromatic N) is 1. The van der Waals surface area contributed by atoms with Gasteiger partial charge in [0.1, 0.15) is 0 Å². The lowest BCUT2D eigenvalue weighted by Crippen LogP contribution is -2.29. The van der Waals surface area contributed by atoms with Crippen LogP contribution in [0.2, 0.25) is 0 Å².